The van der Waals surface area contributed by atoms with Crippen molar-refractivity contribution in [2.45, 2.75) is 24.3 Å². The van der Waals surface area contributed by atoms with Crippen LogP contribution in [0.3, 0.4) is 0 Å². The number of hydrogen-bond donors (Lipinski definition) is 2. The van der Waals surface area contributed by atoms with Crippen LogP contribution in [0.15, 0.2) is 72.8 Å². The highest BCUT2D eigenvalue weighted by Crippen LogP contribution is 2.33. The number of thioether (sulfide) groups is 2. The van der Waals surface area contributed by atoms with Crippen LogP contribution in [0.4, 0.5) is 11.4 Å². The average molecular weight is 577 g/mol. The molecular formula is C28H28N6S4. The summed E-state index contributed by atoms with van der Waals surface area (Å²) >= 11 is 14.4. The lowest BCUT2D eigenvalue weighted by Crippen LogP contribution is -2.10. The fraction of sp³-hybridized carbons (Fsp3) is 0.214. The van der Waals surface area contributed by atoms with Gasteiger partial charge in [0.15, 0.2) is 0 Å². The summed E-state index contributed by atoms with van der Waals surface area (Å²) in [6.07, 6.45) is 0. The highest BCUT2D eigenvalue weighted by atomic mass is 32.2. The Hall–Kier alpha value is -2.92. The fourth-order valence-corrected chi connectivity index (χ4v) is 7.14. The van der Waals surface area contributed by atoms with Gasteiger partial charge in [0, 0.05) is 25.5 Å². The summed E-state index contributed by atoms with van der Waals surface area (Å²) in [5, 5.41) is 6.88. The van der Waals surface area contributed by atoms with Crippen molar-refractivity contribution in [1.82, 2.24) is 19.1 Å². The Morgan fingerprint density at radius 3 is 1.39 bits per heavy atom. The number of aromatic nitrogens is 4. The van der Waals surface area contributed by atoms with Gasteiger partial charge in [-0.25, -0.2) is 9.97 Å². The van der Waals surface area contributed by atoms with E-state index in [2.05, 4.69) is 45.7 Å². The van der Waals surface area contributed by atoms with Crippen molar-refractivity contribution < 1.29 is 0 Å². The first kappa shape index (κ1) is 26.7. The van der Waals surface area contributed by atoms with Gasteiger partial charge in [0.1, 0.15) is 20.3 Å². The molecule has 10 heteroatoms. The molecule has 6 nitrogen and oxygen atoms in total. The minimum Gasteiger partial charge on any atom is -0.341 e. The molecule has 0 amide bonds. The van der Waals surface area contributed by atoms with Gasteiger partial charge >= 0.3 is 0 Å². The summed E-state index contributed by atoms with van der Waals surface area (Å²) in [4.78, 5) is 9.59. The molecule has 2 aromatic heterocycles. The van der Waals surface area contributed by atoms with Crippen LogP contribution in [0, 0.1) is 0 Å². The second-order valence-corrected chi connectivity index (χ2v) is 13.0. The Balaban J connectivity index is 1.15. The molecule has 0 spiro atoms. The maximum atomic E-state index is 5.63. The van der Waals surface area contributed by atoms with E-state index in [4.69, 9.17) is 34.4 Å². The number of fused-ring (bicyclic) bond motifs is 2. The zero-order valence-electron chi connectivity index (χ0n) is 21.5. The molecule has 38 heavy (non-hydrogen) atoms. The number of imidazole rings is 2. The Morgan fingerprint density at radius 1 is 0.658 bits per heavy atom. The first-order chi connectivity index (χ1) is 18.3. The van der Waals surface area contributed by atoms with Crippen LogP contribution in [0.5, 0.6) is 0 Å². The standard InChI is InChI=1S/C28H28N6S4/c1-17(25-31-21-9-5-7-11-23(21)33(25)3)37-27(35)29-19-13-15-20(16-14-19)30-28(36)38-18(2)26-32-22-10-6-8-12-24(22)34(26)4/h5-18H,1-4H3,(H,29,35)(H,30,36)/t17-,18+. The summed E-state index contributed by atoms with van der Waals surface area (Å²) in [5.41, 5.74) is 6.09. The van der Waals surface area contributed by atoms with Crippen molar-refractivity contribution in [3.8, 4) is 0 Å². The minimum absolute atomic E-state index is 0.112. The van der Waals surface area contributed by atoms with Crippen LogP contribution < -0.4 is 10.6 Å². The molecule has 5 aromatic rings. The normalized spacial score (nSPS) is 12.9. The first-order valence-electron chi connectivity index (χ1n) is 12.2. The predicted octanol–water partition coefficient (Wildman–Crippen LogP) is 7.84. The number of anilines is 2. The second kappa shape index (κ2) is 11.4. The van der Waals surface area contributed by atoms with Gasteiger partial charge in [-0.1, -0.05) is 72.2 Å². The van der Waals surface area contributed by atoms with Crippen molar-refractivity contribution in [3.05, 3.63) is 84.4 Å². The molecule has 5 rings (SSSR count). The maximum Gasteiger partial charge on any atom is 0.138 e. The molecule has 0 saturated heterocycles. The largest absolute Gasteiger partial charge is 0.341 e. The monoisotopic (exact) mass is 576 g/mol. The van der Waals surface area contributed by atoms with E-state index in [1.54, 1.807) is 23.5 Å². The van der Waals surface area contributed by atoms with Crippen molar-refractivity contribution >= 4 is 90.0 Å². The topological polar surface area (TPSA) is 59.7 Å². The molecule has 0 fully saturated rings. The lowest BCUT2D eigenvalue weighted by Gasteiger charge is -2.15. The van der Waals surface area contributed by atoms with E-state index < -0.39 is 0 Å². The van der Waals surface area contributed by atoms with Crippen LogP contribution in [0.2, 0.25) is 0 Å². The van der Waals surface area contributed by atoms with Gasteiger partial charge in [0.25, 0.3) is 0 Å². The zero-order valence-corrected chi connectivity index (χ0v) is 24.8. The Bertz CT molecular complexity index is 1500. The van der Waals surface area contributed by atoms with E-state index in [-0.39, 0.29) is 10.5 Å². The van der Waals surface area contributed by atoms with Gasteiger partial charge in [-0.05, 0) is 62.4 Å². The van der Waals surface area contributed by atoms with Crippen molar-refractivity contribution in [2.75, 3.05) is 10.6 Å². The molecule has 0 unspecified atom stereocenters. The molecule has 2 heterocycles. The first-order valence-corrected chi connectivity index (χ1v) is 14.8. The van der Waals surface area contributed by atoms with Gasteiger partial charge in [0.05, 0.1) is 32.6 Å². The van der Waals surface area contributed by atoms with Gasteiger partial charge < -0.3 is 19.8 Å². The predicted molar refractivity (Wildman–Crippen MR) is 172 cm³/mol. The molecule has 3 aromatic carbocycles. The zero-order chi connectivity index (χ0) is 26.8. The van der Waals surface area contributed by atoms with Crippen LogP contribution >= 0.6 is 48.0 Å². The third-order valence-electron chi connectivity index (χ3n) is 6.32. The van der Waals surface area contributed by atoms with E-state index in [9.17, 15) is 0 Å². The summed E-state index contributed by atoms with van der Waals surface area (Å²) in [6, 6.07) is 24.3. The van der Waals surface area contributed by atoms with Crippen LogP contribution in [-0.4, -0.2) is 27.7 Å². The van der Waals surface area contributed by atoms with Gasteiger partial charge in [0.2, 0.25) is 0 Å². The van der Waals surface area contributed by atoms with Gasteiger partial charge in [-0.3, -0.25) is 0 Å². The summed E-state index contributed by atoms with van der Waals surface area (Å²) in [5.74, 6) is 2.00. The fourth-order valence-electron chi connectivity index (χ4n) is 4.41. The van der Waals surface area contributed by atoms with Gasteiger partial charge in [-0.15, -0.1) is 0 Å². The molecule has 0 saturated carbocycles. The highest BCUT2D eigenvalue weighted by molar-refractivity contribution is 8.23. The third kappa shape index (κ3) is 5.73. The average Bonchev–Trinajstić information content (AvgIpc) is 3.42. The summed E-state index contributed by atoms with van der Waals surface area (Å²) < 4.78 is 5.67. The van der Waals surface area contributed by atoms with E-state index in [1.165, 1.54) is 0 Å². The SMILES string of the molecule is C[C@H](SC(=S)Nc1ccc(NC(=S)S[C@H](C)c2nc3ccccc3n2C)cc1)c1nc2ccccc2n1C. The Labute approximate surface area is 241 Å². The molecule has 0 aliphatic carbocycles. The number of nitrogens with one attached hydrogen (secondary N) is 2. The lowest BCUT2D eigenvalue weighted by atomic mass is 10.3. The van der Waals surface area contributed by atoms with Gasteiger partial charge in [-0.2, -0.15) is 0 Å². The van der Waals surface area contributed by atoms with E-state index >= 15 is 0 Å². The molecule has 0 radical (unpaired) electrons. The lowest BCUT2D eigenvalue weighted by molar-refractivity contribution is 0.819. The van der Waals surface area contributed by atoms with Crippen LogP contribution in [0.25, 0.3) is 22.1 Å². The number of hydrogen-bond acceptors (Lipinski definition) is 6. The van der Waals surface area contributed by atoms with Crippen molar-refractivity contribution in [3.63, 3.8) is 0 Å². The molecule has 2 atom stereocenters. The Kier molecular flexibility index (Phi) is 8.04. The Morgan fingerprint density at radius 2 is 1.03 bits per heavy atom. The third-order valence-corrected chi connectivity index (χ3v) is 8.86. The second-order valence-electron chi connectivity index (χ2n) is 8.96. The molecule has 194 valence electrons. The van der Waals surface area contributed by atoms with E-state index in [1.807, 2.05) is 74.8 Å². The highest BCUT2D eigenvalue weighted by Gasteiger charge is 2.18. The number of thiocarbonyl (C=S) groups is 2. The smallest absolute Gasteiger partial charge is 0.138 e. The van der Waals surface area contributed by atoms with E-state index in [0.717, 1.165) is 45.1 Å². The van der Waals surface area contributed by atoms with E-state index in [0.29, 0.717) is 8.64 Å². The molecule has 2 N–H and O–H groups in total. The maximum absolute atomic E-state index is 5.63. The quantitative estimate of drug-likeness (QED) is 0.198. The minimum atomic E-state index is 0.112. The van der Waals surface area contributed by atoms with Crippen molar-refractivity contribution in [2.24, 2.45) is 14.1 Å². The number of benzene rings is 3. The molecule has 0 aliphatic heterocycles. The number of nitrogens with zero attached hydrogens (tertiary/aromatic N) is 4. The number of aryl methyl sites for hydroxylation is 2. The van der Waals surface area contributed by atoms with Crippen LogP contribution in [-0.2, 0) is 14.1 Å². The molecule has 0 bridgehead atoms. The number of rotatable bonds is 6. The molecular weight excluding hydrogens is 549 g/mol. The molecule has 0 aliphatic rings. The summed E-state index contributed by atoms with van der Waals surface area (Å²) in [6.45, 7) is 4.25. The number of para-hydroxylation sites is 4. The summed E-state index contributed by atoms with van der Waals surface area (Å²) in [7, 11) is 4.09. The van der Waals surface area contributed by atoms with Crippen molar-refractivity contribution in [1.29, 1.82) is 0 Å². The van der Waals surface area contributed by atoms with Crippen LogP contribution in [0.1, 0.15) is 36.0 Å².